The highest BCUT2D eigenvalue weighted by molar-refractivity contribution is 6.40. The van der Waals surface area contributed by atoms with Crippen LogP contribution < -0.4 is 10.3 Å². The Morgan fingerprint density at radius 3 is 2.79 bits per heavy atom. The van der Waals surface area contributed by atoms with Crippen LogP contribution in [0.4, 0.5) is 5.69 Å². The van der Waals surface area contributed by atoms with Gasteiger partial charge in [0.1, 0.15) is 5.71 Å². The molecule has 0 bridgehead atoms. The van der Waals surface area contributed by atoms with Crippen molar-refractivity contribution in [3.05, 3.63) is 43.0 Å². The number of rotatable bonds is 4. The smallest absolute Gasteiger partial charge is 0.267 e. The van der Waals surface area contributed by atoms with E-state index in [1.165, 1.54) is 5.01 Å². The fourth-order valence-corrected chi connectivity index (χ4v) is 1.75. The van der Waals surface area contributed by atoms with E-state index in [2.05, 4.69) is 17.0 Å². The van der Waals surface area contributed by atoms with Gasteiger partial charge in [-0.15, -0.1) is 6.58 Å². The summed E-state index contributed by atoms with van der Waals surface area (Å²) in [6.07, 6.45) is 2.25. The third-order valence-corrected chi connectivity index (χ3v) is 2.70. The largest absolute Gasteiger partial charge is 0.347 e. The number of amides is 2. The van der Waals surface area contributed by atoms with E-state index in [1.54, 1.807) is 18.2 Å². The van der Waals surface area contributed by atoms with Crippen molar-refractivity contribution >= 4 is 23.2 Å². The first-order chi connectivity index (χ1) is 9.22. The maximum absolute atomic E-state index is 11.8. The Bertz CT molecular complexity index is 523. The second-order valence-electron chi connectivity index (χ2n) is 4.09. The molecule has 1 aromatic carbocycles. The van der Waals surface area contributed by atoms with Crippen LogP contribution >= 0.6 is 0 Å². The van der Waals surface area contributed by atoms with Gasteiger partial charge in [0.15, 0.2) is 0 Å². The average molecular weight is 257 g/mol. The number of para-hydroxylation sites is 1. The summed E-state index contributed by atoms with van der Waals surface area (Å²) in [5.74, 6) is -0.361. The van der Waals surface area contributed by atoms with Gasteiger partial charge in [-0.25, -0.2) is 5.01 Å². The van der Waals surface area contributed by atoms with Gasteiger partial charge in [-0.3, -0.25) is 9.59 Å². The molecule has 1 heterocycles. The number of benzene rings is 1. The van der Waals surface area contributed by atoms with Crippen LogP contribution in [0.2, 0.25) is 0 Å². The van der Waals surface area contributed by atoms with Crippen molar-refractivity contribution in [2.45, 2.75) is 12.8 Å². The molecule has 1 N–H and O–H groups in total. The number of nitrogens with one attached hydrogen (secondary N) is 1. The number of carbonyl (C=O) groups excluding carboxylic acids is 2. The summed E-state index contributed by atoms with van der Waals surface area (Å²) in [5, 5.41) is 8.09. The Morgan fingerprint density at radius 2 is 2.11 bits per heavy atom. The van der Waals surface area contributed by atoms with Crippen molar-refractivity contribution in [2.24, 2.45) is 5.10 Å². The molecule has 1 aliphatic heterocycles. The average Bonchev–Trinajstić information content (AvgIpc) is 2.46. The van der Waals surface area contributed by atoms with E-state index in [0.29, 0.717) is 24.4 Å². The van der Waals surface area contributed by atoms with Gasteiger partial charge >= 0.3 is 0 Å². The summed E-state index contributed by atoms with van der Waals surface area (Å²) in [7, 11) is 0. The number of hydrazone groups is 1. The van der Waals surface area contributed by atoms with Crippen LogP contribution in [0.15, 0.2) is 48.1 Å². The van der Waals surface area contributed by atoms with Gasteiger partial charge < -0.3 is 5.32 Å². The number of hydrogen-bond acceptors (Lipinski definition) is 3. The lowest BCUT2D eigenvalue weighted by Gasteiger charge is -2.22. The second-order valence-corrected chi connectivity index (χ2v) is 4.09. The van der Waals surface area contributed by atoms with E-state index >= 15 is 0 Å². The van der Waals surface area contributed by atoms with Crippen LogP contribution in [0.5, 0.6) is 0 Å². The molecule has 0 atom stereocenters. The molecule has 2 rings (SSSR count). The van der Waals surface area contributed by atoms with E-state index in [4.69, 9.17) is 0 Å². The first-order valence-corrected chi connectivity index (χ1v) is 6.07. The molecule has 5 heteroatoms. The van der Waals surface area contributed by atoms with Crippen LogP contribution in [0.1, 0.15) is 12.8 Å². The Kier molecular flexibility index (Phi) is 4.07. The molecule has 0 radical (unpaired) electrons. The minimum Gasteiger partial charge on any atom is -0.347 e. The standard InChI is InChI=1S/C14H15N3O2/c1-2-10-15-14(19)12-8-9-13(18)17(16-12)11-6-4-3-5-7-11/h2-7H,1,8-10H2,(H,15,19). The van der Waals surface area contributed by atoms with Crippen LogP contribution in [0.3, 0.4) is 0 Å². The van der Waals surface area contributed by atoms with Crippen LogP contribution in [0, 0.1) is 0 Å². The zero-order valence-corrected chi connectivity index (χ0v) is 10.5. The van der Waals surface area contributed by atoms with Crippen molar-refractivity contribution in [1.82, 2.24) is 5.32 Å². The molecule has 2 amide bonds. The molecule has 0 saturated carbocycles. The predicted octanol–water partition coefficient (Wildman–Crippen LogP) is 1.47. The molecule has 0 aliphatic carbocycles. The fraction of sp³-hybridized carbons (Fsp3) is 0.214. The molecule has 0 saturated heterocycles. The molecule has 5 nitrogen and oxygen atoms in total. The van der Waals surface area contributed by atoms with E-state index in [0.717, 1.165) is 0 Å². The van der Waals surface area contributed by atoms with E-state index in [9.17, 15) is 9.59 Å². The summed E-state index contributed by atoms with van der Waals surface area (Å²) >= 11 is 0. The van der Waals surface area contributed by atoms with Gasteiger partial charge in [-0.2, -0.15) is 5.10 Å². The van der Waals surface area contributed by atoms with Crippen molar-refractivity contribution < 1.29 is 9.59 Å². The predicted molar refractivity (Wildman–Crippen MR) is 73.8 cm³/mol. The van der Waals surface area contributed by atoms with Gasteiger partial charge in [0.25, 0.3) is 5.91 Å². The fourth-order valence-electron chi connectivity index (χ4n) is 1.75. The van der Waals surface area contributed by atoms with E-state index in [1.807, 2.05) is 18.2 Å². The minimum atomic E-state index is -0.256. The quantitative estimate of drug-likeness (QED) is 0.830. The lowest BCUT2D eigenvalue weighted by atomic mass is 10.1. The van der Waals surface area contributed by atoms with Gasteiger partial charge in [-0.05, 0) is 12.1 Å². The van der Waals surface area contributed by atoms with E-state index in [-0.39, 0.29) is 18.2 Å². The van der Waals surface area contributed by atoms with Crippen molar-refractivity contribution in [2.75, 3.05) is 11.6 Å². The first kappa shape index (κ1) is 13.0. The number of nitrogens with zero attached hydrogens (tertiary/aromatic N) is 2. The van der Waals surface area contributed by atoms with Crippen LogP contribution in [0.25, 0.3) is 0 Å². The van der Waals surface area contributed by atoms with Crippen molar-refractivity contribution in [3.63, 3.8) is 0 Å². The van der Waals surface area contributed by atoms with E-state index < -0.39 is 0 Å². The van der Waals surface area contributed by atoms with Gasteiger partial charge in [0, 0.05) is 19.4 Å². The van der Waals surface area contributed by atoms with Crippen molar-refractivity contribution in [3.8, 4) is 0 Å². The Labute approximate surface area is 111 Å². The molecule has 0 spiro atoms. The number of carbonyl (C=O) groups is 2. The second kappa shape index (κ2) is 5.95. The zero-order chi connectivity index (χ0) is 13.7. The number of anilines is 1. The third-order valence-electron chi connectivity index (χ3n) is 2.70. The zero-order valence-electron chi connectivity index (χ0n) is 10.5. The van der Waals surface area contributed by atoms with Crippen LogP contribution in [-0.2, 0) is 9.59 Å². The molecule has 1 aromatic rings. The minimum absolute atomic E-state index is 0.105. The topological polar surface area (TPSA) is 61.8 Å². The molecule has 0 unspecified atom stereocenters. The summed E-state index contributed by atoms with van der Waals surface area (Å²) in [6.45, 7) is 3.92. The lowest BCUT2D eigenvalue weighted by Crippen LogP contribution is -2.39. The maximum Gasteiger partial charge on any atom is 0.267 e. The molecular formula is C14H15N3O2. The lowest BCUT2D eigenvalue weighted by molar-refractivity contribution is -0.118. The Morgan fingerprint density at radius 1 is 1.37 bits per heavy atom. The summed E-state index contributed by atoms with van der Waals surface area (Å²) in [4.78, 5) is 23.7. The highest BCUT2D eigenvalue weighted by Gasteiger charge is 2.25. The Hall–Kier alpha value is -2.43. The molecule has 98 valence electrons. The van der Waals surface area contributed by atoms with Crippen molar-refractivity contribution in [1.29, 1.82) is 0 Å². The molecular weight excluding hydrogens is 242 g/mol. The molecule has 0 aromatic heterocycles. The Balaban J connectivity index is 2.20. The van der Waals surface area contributed by atoms with Crippen LogP contribution in [-0.4, -0.2) is 24.1 Å². The maximum atomic E-state index is 11.8. The molecule has 19 heavy (non-hydrogen) atoms. The normalized spacial score (nSPS) is 14.8. The summed E-state index contributed by atoms with van der Waals surface area (Å²) in [6, 6.07) is 9.08. The number of hydrogen-bond donors (Lipinski definition) is 1. The van der Waals surface area contributed by atoms with Gasteiger partial charge in [-0.1, -0.05) is 24.3 Å². The summed E-state index contributed by atoms with van der Waals surface area (Å²) in [5.41, 5.74) is 1.03. The highest BCUT2D eigenvalue weighted by atomic mass is 16.2. The highest BCUT2D eigenvalue weighted by Crippen LogP contribution is 2.19. The SMILES string of the molecule is C=CCNC(=O)C1=NN(c2ccccc2)C(=O)CC1. The first-order valence-electron chi connectivity index (χ1n) is 6.07. The molecule has 1 aliphatic rings. The molecule has 0 fully saturated rings. The summed E-state index contributed by atoms with van der Waals surface area (Å²) < 4.78 is 0. The third kappa shape index (κ3) is 3.07. The van der Waals surface area contributed by atoms with Gasteiger partial charge in [0.2, 0.25) is 5.91 Å². The van der Waals surface area contributed by atoms with Gasteiger partial charge in [0.05, 0.1) is 5.69 Å². The monoisotopic (exact) mass is 257 g/mol.